The lowest BCUT2D eigenvalue weighted by Crippen LogP contribution is -1.96. The van der Waals surface area contributed by atoms with Gasteiger partial charge in [0.15, 0.2) is 11.7 Å². The summed E-state index contributed by atoms with van der Waals surface area (Å²) in [6, 6.07) is 7.30. The molecule has 1 N–H and O–H groups in total. The van der Waals surface area contributed by atoms with Gasteiger partial charge in [0.2, 0.25) is 0 Å². The summed E-state index contributed by atoms with van der Waals surface area (Å²) in [5, 5.41) is 14.2. The van der Waals surface area contributed by atoms with E-state index in [0.717, 1.165) is 11.1 Å². The number of rotatable bonds is 2. The van der Waals surface area contributed by atoms with E-state index in [1.807, 2.05) is 24.4 Å². The SMILES string of the molecule is Cc1csc(C(O)c2cc3cccc(Cl)c3o2)n1. The molecule has 1 unspecified atom stereocenters. The number of aryl methyl sites for hydroxylation is 1. The maximum absolute atomic E-state index is 10.2. The Morgan fingerprint density at radius 1 is 1.44 bits per heavy atom. The molecule has 18 heavy (non-hydrogen) atoms. The van der Waals surface area contributed by atoms with Gasteiger partial charge in [-0.2, -0.15) is 0 Å². The number of aliphatic hydroxyl groups is 1. The lowest BCUT2D eigenvalue weighted by molar-refractivity contribution is 0.191. The first-order valence-electron chi connectivity index (χ1n) is 5.43. The van der Waals surface area contributed by atoms with E-state index in [4.69, 9.17) is 16.0 Å². The second kappa shape index (κ2) is 4.39. The van der Waals surface area contributed by atoms with Crippen LogP contribution in [0.1, 0.15) is 22.6 Å². The summed E-state index contributed by atoms with van der Waals surface area (Å²) in [6.07, 6.45) is -0.841. The summed E-state index contributed by atoms with van der Waals surface area (Å²) in [7, 11) is 0. The van der Waals surface area contributed by atoms with Gasteiger partial charge in [0, 0.05) is 16.5 Å². The average molecular weight is 280 g/mol. The van der Waals surface area contributed by atoms with Gasteiger partial charge in [-0.1, -0.05) is 23.7 Å². The second-order valence-corrected chi connectivity index (χ2v) is 5.33. The molecule has 3 aromatic rings. The van der Waals surface area contributed by atoms with E-state index in [-0.39, 0.29) is 0 Å². The van der Waals surface area contributed by atoms with Gasteiger partial charge in [0.1, 0.15) is 10.8 Å². The molecule has 2 heterocycles. The van der Waals surface area contributed by atoms with Crippen molar-refractivity contribution in [2.45, 2.75) is 13.0 Å². The van der Waals surface area contributed by atoms with Crippen molar-refractivity contribution >= 4 is 33.9 Å². The summed E-state index contributed by atoms with van der Waals surface area (Å²) in [5.41, 5.74) is 1.49. The zero-order chi connectivity index (χ0) is 12.7. The molecule has 5 heteroatoms. The highest BCUT2D eigenvalue weighted by molar-refractivity contribution is 7.09. The maximum Gasteiger partial charge on any atom is 0.163 e. The number of halogens is 1. The van der Waals surface area contributed by atoms with E-state index in [1.165, 1.54) is 11.3 Å². The van der Waals surface area contributed by atoms with E-state index in [9.17, 15) is 5.11 Å². The van der Waals surface area contributed by atoms with Crippen LogP contribution in [0, 0.1) is 6.92 Å². The van der Waals surface area contributed by atoms with Crippen LogP contribution in [0.5, 0.6) is 0 Å². The van der Waals surface area contributed by atoms with E-state index < -0.39 is 6.10 Å². The molecule has 0 spiro atoms. The Bertz CT molecular complexity index is 704. The molecule has 1 aromatic carbocycles. The van der Waals surface area contributed by atoms with Crippen molar-refractivity contribution < 1.29 is 9.52 Å². The van der Waals surface area contributed by atoms with Crippen molar-refractivity contribution in [1.29, 1.82) is 0 Å². The van der Waals surface area contributed by atoms with E-state index in [2.05, 4.69) is 4.98 Å². The lowest BCUT2D eigenvalue weighted by atomic mass is 10.2. The van der Waals surface area contributed by atoms with Crippen LogP contribution >= 0.6 is 22.9 Å². The van der Waals surface area contributed by atoms with Crippen molar-refractivity contribution in [3.05, 3.63) is 51.1 Å². The summed E-state index contributed by atoms with van der Waals surface area (Å²) >= 11 is 7.45. The Balaban J connectivity index is 2.06. The van der Waals surface area contributed by atoms with Gasteiger partial charge in [0.05, 0.1) is 5.02 Å². The van der Waals surface area contributed by atoms with Crippen LogP contribution in [0.15, 0.2) is 34.1 Å². The fraction of sp³-hybridized carbons (Fsp3) is 0.154. The smallest absolute Gasteiger partial charge is 0.163 e. The average Bonchev–Trinajstić information content (AvgIpc) is 2.95. The molecule has 0 bridgehead atoms. The molecular formula is C13H10ClNO2S. The Morgan fingerprint density at radius 2 is 2.28 bits per heavy atom. The number of aromatic nitrogens is 1. The molecule has 0 aliphatic rings. The highest BCUT2D eigenvalue weighted by Gasteiger charge is 2.19. The minimum atomic E-state index is -0.841. The molecule has 0 amide bonds. The number of aliphatic hydroxyl groups excluding tert-OH is 1. The molecule has 0 saturated heterocycles. The summed E-state index contributed by atoms with van der Waals surface area (Å²) in [6.45, 7) is 1.89. The Hall–Kier alpha value is -1.36. The number of thiazole rings is 1. The molecule has 0 aliphatic heterocycles. The Kier molecular flexibility index (Phi) is 2.86. The van der Waals surface area contributed by atoms with Gasteiger partial charge in [0.25, 0.3) is 0 Å². The first kappa shape index (κ1) is 11.7. The Morgan fingerprint density at radius 3 is 2.94 bits per heavy atom. The van der Waals surface area contributed by atoms with Gasteiger partial charge in [-0.15, -0.1) is 11.3 Å². The van der Waals surface area contributed by atoms with Crippen molar-refractivity contribution in [2.24, 2.45) is 0 Å². The van der Waals surface area contributed by atoms with E-state index in [0.29, 0.717) is 21.4 Å². The van der Waals surface area contributed by atoms with Crippen LogP contribution in [0.25, 0.3) is 11.0 Å². The van der Waals surface area contributed by atoms with Crippen molar-refractivity contribution in [3.63, 3.8) is 0 Å². The largest absolute Gasteiger partial charge is 0.456 e. The molecule has 2 aromatic heterocycles. The molecule has 92 valence electrons. The Labute approximate surface area is 113 Å². The summed E-state index contributed by atoms with van der Waals surface area (Å²) < 4.78 is 5.61. The molecule has 3 nitrogen and oxygen atoms in total. The van der Waals surface area contributed by atoms with Crippen molar-refractivity contribution in [2.75, 3.05) is 0 Å². The number of nitrogens with zero attached hydrogens (tertiary/aromatic N) is 1. The fourth-order valence-corrected chi connectivity index (χ4v) is 2.81. The molecule has 3 rings (SSSR count). The second-order valence-electron chi connectivity index (χ2n) is 4.04. The summed E-state index contributed by atoms with van der Waals surface area (Å²) in [4.78, 5) is 4.26. The third-order valence-electron chi connectivity index (χ3n) is 2.66. The first-order chi connectivity index (χ1) is 8.65. The number of fused-ring (bicyclic) bond motifs is 1. The zero-order valence-electron chi connectivity index (χ0n) is 9.55. The van der Waals surface area contributed by atoms with Crippen LogP contribution in [0.2, 0.25) is 5.02 Å². The predicted octanol–water partition coefficient (Wildman–Crippen LogP) is 3.93. The van der Waals surface area contributed by atoms with Crippen LogP contribution in [0.4, 0.5) is 0 Å². The highest BCUT2D eigenvalue weighted by Crippen LogP contribution is 2.32. The molecule has 0 fully saturated rings. The van der Waals surface area contributed by atoms with Crippen LogP contribution in [-0.4, -0.2) is 10.1 Å². The van der Waals surface area contributed by atoms with Gasteiger partial charge in [-0.05, 0) is 19.1 Å². The predicted molar refractivity (Wildman–Crippen MR) is 72.1 cm³/mol. The molecule has 0 radical (unpaired) electrons. The minimum absolute atomic E-state index is 0.465. The zero-order valence-corrected chi connectivity index (χ0v) is 11.1. The number of benzene rings is 1. The third kappa shape index (κ3) is 1.92. The van der Waals surface area contributed by atoms with Gasteiger partial charge in [-0.3, -0.25) is 0 Å². The number of para-hydroxylation sites is 1. The molecular weight excluding hydrogens is 270 g/mol. The lowest BCUT2D eigenvalue weighted by Gasteiger charge is -2.02. The fourth-order valence-electron chi connectivity index (χ4n) is 1.80. The van der Waals surface area contributed by atoms with Crippen molar-refractivity contribution in [3.8, 4) is 0 Å². The highest BCUT2D eigenvalue weighted by atomic mass is 35.5. The van der Waals surface area contributed by atoms with Gasteiger partial charge < -0.3 is 9.52 Å². The van der Waals surface area contributed by atoms with Gasteiger partial charge in [-0.25, -0.2) is 4.98 Å². The third-order valence-corrected chi connectivity index (χ3v) is 3.97. The van der Waals surface area contributed by atoms with Crippen LogP contribution in [0.3, 0.4) is 0 Å². The molecule has 0 saturated carbocycles. The normalized spacial score (nSPS) is 13.1. The molecule has 0 aliphatic carbocycles. The maximum atomic E-state index is 10.2. The minimum Gasteiger partial charge on any atom is -0.456 e. The van der Waals surface area contributed by atoms with Crippen molar-refractivity contribution in [1.82, 2.24) is 4.98 Å². The van der Waals surface area contributed by atoms with Gasteiger partial charge >= 0.3 is 0 Å². The number of furan rings is 1. The quantitative estimate of drug-likeness (QED) is 0.773. The summed E-state index contributed by atoms with van der Waals surface area (Å²) in [5.74, 6) is 0.465. The number of hydrogen-bond acceptors (Lipinski definition) is 4. The first-order valence-corrected chi connectivity index (χ1v) is 6.69. The molecule has 1 atom stereocenters. The standard InChI is InChI=1S/C13H10ClNO2S/c1-7-6-18-13(15-7)11(16)10-5-8-3-2-4-9(14)12(8)17-10/h2-6,11,16H,1H3. The van der Waals surface area contributed by atoms with E-state index in [1.54, 1.807) is 12.1 Å². The number of hydrogen-bond donors (Lipinski definition) is 1. The van der Waals surface area contributed by atoms with Crippen LogP contribution in [-0.2, 0) is 0 Å². The van der Waals surface area contributed by atoms with E-state index >= 15 is 0 Å². The van der Waals surface area contributed by atoms with Crippen LogP contribution < -0.4 is 0 Å². The topological polar surface area (TPSA) is 46.3 Å². The monoisotopic (exact) mass is 279 g/mol.